The first kappa shape index (κ1) is 15.5. The molecular formula is C15H21N3O3. The molecule has 0 atom stereocenters. The van der Waals surface area contributed by atoms with Crippen molar-refractivity contribution in [3.8, 4) is 0 Å². The van der Waals surface area contributed by atoms with Crippen LogP contribution in [0.2, 0.25) is 0 Å². The van der Waals surface area contributed by atoms with Crippen LogP contribution in [0.3, 0.4) is 0 Å². The number of nitrogens with two attached hydrogens (primary N) is 1. The van der Waals surface area contributed by atoms with E-state index in [0.29, 0.717) is 11.3 Å². The number of nitrogens with zero attached hydrogens (tertiary/aromatic N) is 1. The van der Waals surface area contributed by atoms with Crippen molar-refractivity contribution in [2.75, 3.05) is 25.0 Å². The van der Waals surface area contributed by atoms with Crippen molar-refractivity contribution >= 4 is 17.6 Å². The molecule has 1 saturated heterocycles. The fourth-order valence-corrected chi connectivity index (χ4v) is 2.56. The molecule has 0 aliphatic carbocycles. The average molecular weight is 291 g/mol. The molecule has 0 aromatic heterocycles. The fourth-order valence-electron chi connectivity index (χ4n) is 2.56. The molecule has 0 bridgehead atoms. The van der Waals surface area contributed by atoms with Crippen LogP contribution in [-0.2, 0) is 4.79 Å². The number of amides is 1. The molecule has 0 saturated carbocycles. The maximum Gasteiger partial charge on any atom is 0.338 e. The largest absolute Gasteiger partial charge is 0.478 e. The van der Waals surface area contributed by atoms with Gasteiger partial charge in [0.1, 0.15) is 0 Å². The summed E-state index contributed by atoms with van der Waals surface area (Å²) in [5, 5.41) is 11.9. The van der Waals surface area contributed by atoms with E-state index in [9.17, 15) is 14.7 Å². The molecule has 1 aliphatic rings. The Kier molecular flexibility index (Phi) is 4.93. The molecule has 1 aromatic rings. The number of nitrogens with one attached hydrogen (secondary N) is 1. The van der Waals surface area contributed by atoms with Crippen LogP contribution in [-0.4, -0.2) is 47.6 Å². The average Bonchev–Trinajstić information content (AvgIpc) is 2.41. The molecule has 114 valence electrons. The molecule has 6 nitrogen and oxygen atoms in total. The van der Waals surface area contributed by atoms with Gasteiger partial charge in [0.05, 0.1) is 17.8 Å². The van der Waals surface area contributed by atoms with Gasteiger partial charge >= 0.3 is 5.97 Å². The zero-order valence-corrected chi connectivity index (χ0v) is 12.1. The monoisotopic (exact) mass is 291 g/mol. The number of carbonyl (C=O) groups excluding carboxylic acids is 1. The minimum absolute atomic E-state index is 0.145. The number of piperidine rings is 1. The summed E-state index contributed by atoms with van der Waals surface area (Å²) < 4.78 is 0. The van der Waals surface area contributed by atoms with E-state index in [1.54, 1.807) is 25.1 Å². The predicted molar refractivity (Wildman–Crippen MR) is 80.4 cm³/mol. The maximum atomic E-state index is 12.1. The Morgan fingerprint density at radius 2 is 2.05 bits per heavy atom. The van der Waals surface area contributed by atoms with Gasteiger partial charge < -0.3 is 16.2 Å². The summed E-state index contributed by atoms with van der Waals surface area (Å²) in [4.78, 5) is 25.4. The van der Waals surface area contributed by atoms with E-state index in [2.05, 4.69) is 5.32 Å². The van der Waals surface area contributed by atoms with Crippen LogP contribution in [0.1, 0.15) is 28.8 Å². The van der Waals surface area contributed by atoms with Crippen molar-refractivity contribution in [1.82, 2.24) is 4.90 Å². The lowest BCUT2D eigenvalue weighted by molar-refractivity contribution is -0.117. The summed E-state index contributed by atoms with van der Waals surface area (Å²) in [5.74, 6) is -1.23. The smallest absolute Gasteiger partial charge is 0.338 e. The molecule has 2 rings (SSSR count). The zero-order chi connectivity index (χ0) is 15.4. The highest BCUT2D eigenvalue weighted by atomic mass is 16.4. The number of rotatable bonds is 4. The standard InChI is InChI=1S/C15H21N3O3/c1-10-3-2-4-12(14(10)15(20)21)17-13(19)9-18-7-5-11(16)6-8-18/h2-4,11H,5-9,16H2,1H3,(H,17,19)(H,20,21). The second kappa shape index (κ2) is 6.69. The van der Waals surface area contributed by atoms with Gasteiger partial charge in [0.25, 0.3) is 0 Å². The number of benzene rings is 1. The van der Waals surface area contributed by atoms with Crippen LogP contribution in [0, 0.1) is 6.92 Å². The fraction of sp³-hybridized carbons (Fsp3) is 0.467. The highest BCUT2D eigenvalue weighted by Crippen LogP contribution is 2.19. The number of hydrogen-bond donors (Lipinski definition) is 3. The quantitative estimate of drug-likeness (QED) is 0.771. The molecule has 4 N–H and O–H groups in total. The van der Waals surface area contributed by atoms with E-state index in [1.165, 1.54) is 0 Å². The predicted octanol–water partition coefficient (Wildman–Crippen LogP) is 1.05. The van der Waals surface area contributed by atoms with Gasteiger partial charge in [-0.2, -0.15) is 0 Å². The molecule has 0 radical (unpaired) electrons. The van der Waals surface area contributed by atoms with Crippen molar-refractivity contribution in [3.05, 3.63) is 29.3 Å². The van der Waals surface area contributed by atoms with Crippen LogP contribution < -0.4 is 11.1 Å². The molecular weight excluding hydrogens is 270 g/mol. The van der Waals surface area contributed by atoms with Gasteiger partial charge in [-0.3, -0.25) is 9.69 Å². The molecule has 21 heavy (non-hydrogen) atoms. The van der Waals surface area contributed by atoms with E-state index in [1.807, 2.05) is 4.90 Å². The van der Waals surface area contributed by atoms with Crippen molar-refractivity contribution < 1.29 is 14.7 Å². The Balaban J connectivity index is 2.00. The lowest BCUT2D eigenvalue weighted by Crippen LogP contribution is -2.43. The van der Waals surface area contributed by atoms with Gasteiger partial charge in [-0.15, -0.1) is 0 Å². The summed E-state index contributed by atoms with van der Waals surface area (Å²) in [5.41, 5.74) is 6.95. The molecule has 0 unspecified atom stereocenters. The van der Waals surface area contributed by atoms with Gasteiger partial charge in [-0.1, -0.05) is 12.1 Å². The molecule has 1 fully saturated rings. The number of hydrogen-bond acceptors (Lipinski definition) is 4. The minimum Gasteiger partial charge on any atom is -0.478 e. The minimum atomic E-state index is -1.03. The topological polar surface area (TPSA) is 95.7 Å². The van der Waals surface area contributed by atoms with Gasteiger partial charge in [0.15, 0.2) is 0 Å². The molecule has 1 aliphatic heterocycles. The lowest BCUT2D eigenvalue weighted by Gasteiger charge is -2.29. The molecule has 0 spiro atoms. The second-order valence-corrected chi connectivity index (χ2v) is 5.46. The van der Waals surface area contributed by atoms with Crippen molar-refractivity contribution in [2.45, 2.75) is 25.8 Å². The zero-order valence-electron chi connectivity index (χ0n) is 12.1. The Labute approximate surface area is 123 Å². The number of carbonyl (C=O) groups is 2. The summed E-state index contributed by atoms with van der Waals surface area (Å²) in [6.45, 7) is 3.58. The summed E-state index contributed by atoms with van der Waals surface area (Å²) in [7, 11) is 0. The Hall–Kier alpha value is -1.92. The highest BCUT2D eigenvalue weighted by Gasteiger charge is 2.20. The number of aromatic carboxylic acids is 1. The Morgan fingerprint density at radius 3 is 2.67 bits per heavy atom. The van der Waals surface area contributed by atoms with Gasteiger partial charge in [-0.25, -0.2) is 4.79 Å². The SMILES string of the molecule is Cc1cccc(NC(=O)CN2CCC(N)CC2)c1C(=O)O. The Morgan fingerprint density at radius 1 is 1.38 bits per heavy atom. The van der Waals surface area contributed by atoms with E-state index < -0.39 is 5.97 Å². The molecule has 1 heterocycles. The first-order chi connectivity index (χ1) is 9.97. The number of carboxylic acid groups (broad SMARTS) is 1. The first-order valence-corrected chi connectivity index (χ1v) is 7.08. The molecule has 6 heteroatoms. The van der Waals surface area contributed by atoms with E-state index in [0.717, 1.165) is 25.9 Å². The van der Waals surface area contributed by atoms with Crippen molar-refractivity contribution in [3.63, 3.8) is 0 Å². The van der Waals surface area contributed by atoms with Crippen molar-refractivity contribution in [1.29, 1.82) is 0 Å². The third-order valence-electron chi connectivity index (χ3n) is 3.76. The van der Waals surface area contributed by atoms with Crippen LogP contribution in [0.15, 0.2) is 18.2 Å². The molecule has 1 aromatic carbocycles. The van der Waals surface area contributed by atoms with Crippen LogP contribution in [0.25, 0.3) is 0 Å². The number of aryl methyl sites for hydroxylation is 1. The second-order valence-electron chi connectivity index (χ2n) is 5.46. The summed E-state index contributed by atoms with van der Waals surface area (Å²) >= 11 is 0. The van der Waals surface area contributed by atoms with Gasteiger partial charge in [-0.05, 0) is 31.4 Å². The van der Waals surface area contributed by atoms with Crippen LogP contribution >= 0.6 is 0 Å². The lowest BCUT2D eigenvalue weighted by atomic mass is 10.1. The summed E-state index contributed by atoms with van der Waals surface area (Å²) in [6, 6.07) is 5.28. The molecule has 1 amide bonds. The van der Waals surface area contributed by atoms with Gasteiger partial charge in [0, 0.05) is 19.1 Å². The number of likely N-dealkylation sites (tertiary alicyclic amines) is 1. The Bertz CT molecular complexity index is 537. The number of anilines is 1. The van der Waals surface area contributed by atoms with Crippen LogP contribution in [0.5, 0.6) is 0 Å². The van der Waals surface area contributed by atoms with E-state index in [4.69, 9.17) is 5.73 Å². The summed E-state index contributed by atoms with van der Waals surface area (Å²) in [6.07, 6.45) is 1.77. The van der Waals surface area contributed by atoms with Crippen molar-refractivity contribution in [2.24, 2.45) is 5.73 Å². The first-order valence-electron chi connectivity index (χ1n) is 7.08. The van der Waals surface area contributed by atoms with Gasteiger partial charge in [0.2, 0.25) is 5.91 Å². The third kappa shape index (κ3) is 4.03. The maximum absolute atomic E-state index is 12.1. The number of carboxylic acids is 1. The highest BCUT2D eigenvalue weighted by molar-refractivity contribution is 6.02. The van der Waals surface area contributed by atoms with E-state index >= 15 is 0 Å². The normalized spacial score (nSPS) is 16.7. The third-order valence-corrected chi connectivity index (χ3v) is 3.76. The van der Waals surface area contributed by atoms with E-state index in [-0.39, 0.29) is 24.1 Å². The van der Waals surface area contributed by atoms with Crippen LogP contribution in [0.4, 0.5) is 5.69 Å².